The molecule has 0 radical (unpaired) electrons. The van der Waals surface area contributed by atoms with Crippen LogP contribution in [0.3, 0.4) is 0 Å². The van der Waals surface area contributed by atoms with Crippen molar-refractivity contribution in [2.24, 2.45) is 11.8 Å². The van der Waals surface area contributed by atoms with Gasteiger partial charge in [0.15, 0.2) is 0 Å². The van der Waals surface area contributed by atoms with E-state index in [0.29, 0.717) is 6.10 Å². The highest BCUT2D eigenvalue weighted by Crippen LogP contribution is 2.31. The first-order chi connectivity index (χ1) is 9.78. The molecule has 1 saturated heterocycles. The van der Waals surface area contributed by atoms with Gasteiger partial charge in [0.25, 0.3) is 0 Å². The number of aliphatic hydroxyl groups excluding tert-OH is 1. The first-order valence-corrected chi connectivity index (χ1v) is 8.72. The summed E-state index contributed by atoms with van der Waals surface area (Å²) in [5, 5.41) is 8.76. The Morgan fingerprint density at radius 1 is 1.15 bits per heavy atom. The van der Waals surface area contributed by atoms with E-state index in [2.05, 4.69) is 11.8 Å². The van der Waals surface area contributed by atoms with Crippen LogP contribution in [0.25, 0.3) is 0 Å². The summed E-state index contributed by atoms with van der Waals surface area (Å²) in [7, 11) is 0. The Kier molecular flexibility index (Phi) is 7.32. The van der Waals surface area contributed by atoms with Gasteiger partial charge in [-0.2, -0.15) is 0 Å². The highest BCUT2D eigenvalue weighted by molar-refractivity contribution is 4.76. The number of ether oxygens (including phenoxy) is 1. The standard InChI is InChI=1S/C17H33NO2/c1-15-4-2-5-16(14-15)6-9-18-10-7-17(8-11-18)20-13-3-12-19/h15-17,19H,2-14H2,1H3. The molecule has 3 heteroatoms. The molecule has 0 aromatic carbocycles. The Bertz CT molecular complexity index is 251. The van der Waals surface area contributed by atoms with E-state index in [9.17, 15) is 0 Å². The molecular formula is C17H33NO2. The largest absolute Gasteiger partial charge is 0.396 e. The number of piperidine rings is 1. The first-order valence-electron chi connectivity index (χ1n) is 8.72. The van der Waals surface area contributed by atoms with Gasteiger partial charge in [0.2, 0.25) is 0 Å². The van der Waals surface area contributed by atoms with Crippen molar-refractivity contribution in [3.63, 3.8) is 0 Å². The van der Waals surface area contributed by atoms with Crippen molar-refractivity contribution in [3.05, 3.63) is 0 Å². The predicted octanol–water partition coefficient (Wildman–Crippen LogP) is 3.07. The molecule has 1 aliphatic heterocycles. The zero-order chi connectivity index (χ0) is 14.2. The molecule has 0 bridgehead atoms. The molecule has 118 valence electrons. The van der Waals surface area contributed by atoms with Crippen molar-refractivity contribution in [1.82, 2.24) is 4.90 Å². The Balaban J connectivity index is 1.55. The van der Waals surface area contributed by atoms with Crippen LogP contribution in [0.15, 0.2) is 0 Å². The van der Waals surface area contributed by atoms with E-state index in [1.54, 1.807) is 0 Å². The number of rotatable bonds is 7. The third kappa shape index (κ3) is 5.71. The number of nitrogens with zero attached hydrogens (tertiary/aromatic N) is 1. The summed E-state index contributed by atoms with van der Waals surface area (Å²) in [6, 6.07) is 0. The van der Waals surface area contributed by atoms with Crippen LogP contribution in [-0.2, 0) is 4.74 Å². The number of likely N-dealkylation sites (tertiary alicyclic amines) is 1. The van der Waals surface area contributed by atoms with Gasteiger partial charge < -0.3 is 14.7 Å². The zero-order valence-corrected chi connectivity index (χ0v) is 13.2. The maximum absolute atomic E-state index is 8.76. The third-order valence-electron chi connectivity index (χ3n) is 5.09. The smallest absolute Gasteiger partial charge is 0.0599 e. The summed E-state index contributed by atoms with van der Waals surface area (Å²) in [6.07, 6.45) is 10.8. The summed E-state index contributed by atoms with van der Waals surface area (Å²) >= 11 is 0. The van der Waals surface area contributed by atoms with Gasteiger partial charge in [0.1, 0.15) is 0 Å². The van der Waals surface area contributed by atoms with Crippen molar-refractivity contribution in [2.75, 3.05) is 32.8 Å². The van der Waals surface area contributed by atoms with Crippen LogP contribution < -0.4 is 0 Å². The topological polar surface area (TPSA) is 32.7 Å². The van der Waals surface area contributed by atoms with Crippen LogP contribution in [0, 0.1) is 11.8 Å². The third-order valence-corrected chi connectivity index (χ3v) is 5.09. The molecule has 0 spiro atoms. The van der Waals surface area contributed by atoms with Crippen molar-refractivity contribution < 1.29 is 9.84 Å². The molecular weight excluding hydrogens is 250 g/mol. The molecule has 0 aromatic rings. The molecule has 2 unspecified atom stereocenters. The van der Waals surface area contributed by atoms with Crippen LogP contribution in [0.4, 0.5) is 0 Å². The SMILES string of the molecule is CC1CCCC(CCN2CCC(OCCCO)CC2)C1. The quantitative estimate of drug-likeness (QED) is 0.729. The average molecular weight is 283 g/mol. The molecule has 1 N–H and O–H groups in total. The Labute approximate surface area is 124 Å². The molecule has 2 atom stereocenters. The van der Waals surface area contributed by atoms with E-state index in [0.717, 1.165) is 24.9 Å². The van der Waals surface area contributed by atoms with Crippen molar-refractivity contribution >= 4 is 0 Å². The second kappa shape index (κ2) is 9.01. The van der Waals surface area contributed by atoms with E-state index in [1.165, 1.54) is 64.6 Å². The van der Waals surface area contributed by atoms with Crippen molar-refractivity contribution in [2.45, 2.75) is 64.4 Å². The van der Waals surface area contributed by atoms with Crippen molar-refractivity contribution in [3.8, 4) is 0 Å². The van der Waals surface area contributed by atoms with Crippen LogP contribution in [0.5, 0.6) is 0 Å². The summed E-state index contributed by atoms with van der Waals surface area (Å²) in [5.74, 6) is 1.94. The number of hydrogen-bond donors (Lipinski definition) is 1. The molecule has 20 heavy (non-hydrogen) atoms. The molecule has 1 saturated carbocycles. The van der Waals surface area contributed by atoms with E-state index < -0.39 is 0 Å². The zero-order valence-electron chi connectivity index (χ0n) is 13.2. The van der Waals surface area contributed by atoms with Gasteiger partial charge in [-0.1, -0.05) is 26.2 Å². The lowest BCUT2D eigenvalue weighted by molar-refractivity contribution is 0.00109. The minimum absolute atomic E-state index is 0.249. The van der Waals surface area contributed by atoms with E-state index in [1.807, 2.05) is 0 Å². The van der Waals surface area contributed by atoms with Crippen LogP contribution in [-0.4, -0.2) is 49.0 Å². The highest BCUT2D eigenvalue weighted by atomic mass is 16.5. The molecule has 3 nitrogen and oxygen atoms in total. The van der Waals surface area contributed by atoms with Gasteiger partial charge in [-0.15, -0.1) is 0 Å². The normalized spacial score (nSPS) is 29.7. The lowest BCUT2D eigenvalue weighted by Crippen LogP contribution is -2.38. The molecule has 2 rings (SSSR count). The summed E-state index contributed by atoms with van der Waals surface area (Å²) < 4.78 is 5.79. The lowest BCUT2D eigenvalue weighted by Gasteiger charge is -2.34. The summed E-state index contributed by atoms with van der Waals surface area (Å²) in [5.41, 5.74) is 0. The Hall–Kier alpha value is -0.120. The maximum Gasteiger partial charge on any atom is 0.0599 e. The molecule has 0 aromatic heterocycles. The lowest BCUT2D eigenvalue weighted by atomic mass is 9.81. The van der Waals surface area contributed by atoms with Gasteiger partial charge in [0, 0.05) is 26.3 Å². The van der Waals surface area contributed by atoms with Crippen LogP contribution in [0.2, 0.25) is 0 Å². The summed E-state index contributed by atoms with van der Waals surface area (Å²) in [4.78, 5) is 2.63. The van der Waals surface area contributed by atoms with E-state index in [-0.39, 0.29) is 6.61 Å². The monoisotopic (exact) mass is 283 g/mol. The van der Waals surface area contributed by atoms with Gasteiger partial charge in [-0.3, -0.25) is 0 Å². The van der Waals surface area contributed by atoms with Gasteiger partial charge in [0.05, 0.1) is 6.10 Å². The van der Waals surface area contributed by atoms with Crippen molar-refractivity contribution in [1.29, 1.82) is 0 Å². The predicted molar refractivity (Wildman–Crippen MR) is 82.9 cm³/mol. The van der Waals surface area contributed by atoms with Crippen LogP contribution in [0.1, 0.15) is 58.3 Å². The molecule has 2 fully saturated rings. The van der Waals surface area contributed by atoms with Gasteiger partial charge in [-0.05, 0) is 50.5 Å². The number of hydrogen-bond acceptors (Lipinski definition) is 3. The van der Waals surface area contributed by atoms with E-state index >= 15 is 0 Å². The minimum atomic E-state index is 0.249. The number of aliphatic hydroxyl groups is 1. The Morgan fingerprint density at radius 2 is 1.95 bits per heavy atom. The second-order valence-corrected chi connectivity index (χ2v) is 6.92. The molecule has 2 aliphatic rings. The fraction of sp³-hybridized carbons (Fsp3) is 1.00. The fourth-order valence-corrected chi connectivity index (χ4v) is 3.80. The van der Waals surface area contributed by atoms with E-state index in [4.69, 9.17) is 9.84 Å². The summed E-state index contributed by atoms with van der Waals surface area (Å²) in [6.45, 7) is 7.08. The van der Waals surface area contributed by atoms with Gasteiger partial charge in [-0.25, -0.2) is 0 Å². The van der Waals surface area contributed by atoms with Crippen LogP contribution >= 0.6 is 0 Å². The highest BCUT2D eigenvalue weighted by Gasteiger charge is 2.22. The first kappa shape index (κ1) is 16.3. The fourth-order valence-electron chi connectivity index (χ4n) is 3.80. The average Bonchev–Trinajstić information content (AvgIpc) is 2.47. The maximum atomic E-state index is 8.76. The minimum Gasteiger partial charge on any atom is -0.396 e. The second-order valence-electron chi connectivity index (χ2n) is 6.92. The Morgan fingerprint density at radius 3 is 2.65 bits per heavy atom. The molecule has 0 amide bonds. The molecule has 1 aliphatic carbocycles. The molecule has 1 heterocycles. The van der Waals surface area contributed by atoms with Gasteiger partial charge >= 0.3 is 0 Å².